The maximum Gasteiger partial charge on any atom is 0.325 e. The summed E-state index contributed by atoms with van der Waals surface area (Å²) in [6.45, 7) is 7.72. The van der Waals surface area contributed by atoms with Crippen LogP contribution >= 0.6 is 0 Å². The normalized spacial score (nSPS) is 18.4. The van der Waals surface area contributed by atoms with E-state index in [1.54, 1.807) is 0 Å². The van der Waals surface area contributed by atoms with Crippen LogP contribution in [0.5, 0.6) is 0 Å². The highest BCUT2D eigenvalue weighted by atomic mass is 16.5. The summed E-state index contributed by atoms with van der Waals surface area (Å²) in [6.07, 6.45) is 5.41. The van der Waals surface area contributed by atoms with E-state index in [0.717, 1.165) is 38.4 Å². The summed E-state index contributed by atoms with van der Waals surface area (Å²) in [5.74, 6) is 0.642. The van der Waals surface area contributed by atoms with Gasteiger partial charge in [-0.2, -0.15) is 0 Å². The van der Waals surface area contributed by atoms with Crippen LogP contribution in [0.15, 0.2) is 0 Å². The number of hydrogen-bond acceptors (Lipinski definition) is 4. The number of hydrogen-bond donors (Lipinski definition) is 1. The van der Waals surface area contributed by atoms with Crippen molar-refractivity contribution in [2.45, 2.75) is 64.5 Å². The number of methoxy groups -OCH3 is 1. The molecule has 1 N–H and O–H groups in total. The molecule has 0 heterocycles. The van der Waals surface area contributed by atoms with Gasteiger partial charge in [-0.1, -0.05) is 0 Å². The lowest BCUT2D eigenvalue weighted by atomic mass is 9.94. The van der Waals surface area contributed by atoms with Crippen molar-refractivity contribution in [3.8, 4) is 0 Å². The van der Waals surface area contributed by atoms with Crippen LogP contribution in [0.2, 0.25) is 0 Å². The molecule has 1 aliphatic rings. The van der Waals surface area contributed by atoms with Crippen LogP contribution in [0.1, 0.15) is 52.9 Å². The molecule has 0 radical (unpaired) electrons. The Balaban J connectivity index is 2.20. The fourth-order valence-electron chi connectivity index (χ4n) is 2.31. The highest BCUT2D eigenvalue weighted by Crippen LogP contribution is 2.28. The van der Waals surface area contributed by atoms with Crippen molar-refractivity contribution in [2.75, 3.05) is 20.3 Å². The van der Waals surface area contributed by atoms with Crippen molar-refractivity contribution in [1.29, 1.82) is 0 Å². The zero-order valence-electron chi connectivity index (χ0n) is 12.8. The van der Waals surface area contributed by atoms with Crippen LogP contribution in [0.4, 0.5) is 0 Å². The van der Waals surface area contributed by atoms with Gasteiger partial charge in [0.15, 0.2) is 0 Å². The fourth-order valence-corrected chi connectivity index (χ4v) is 2.31. The molecule has 0 aromatic rings. The first-order valence-corrected chi connectivity index (χ1v) is 7.42. The van der Waals surface area contributed by atoms with E-state index < -0.39 is 5.54 Å². The van der Waals surface area contributed by atoms with Crippen LogP contribution < -0.4 is 5.32 Å². The number of nitrogens with one attached hydrogen (secondary N) is 1. The zero-order chi connectivity index (χ0) is 14.3. The molecule has 1 aliphatic carbocycles. The summed E-state index contributed by atoms with van der Waals surface area (Å²) < 4.78 is 10.5. The first-order chi connectivity index (χ1) is 8.98. The molecule has 0 saturated heterocycles. The molecule has 1 fully saturated rings. The molecule has 1 atom stereocenters. The lowest BCUT2D eigenvalue weighted by molar-refractivity contribution is -0.148. The molecule has 0 bridgehead atoms. The molecule has 4 heteroatoms. The number of ether oxygens (including phenoxy) is 2. The van der Waals surface area contributed by atoms with Gasteiger partial charge < -0.3 is 9.47 Å². The minimum absolute atomic E-state index is 0.180. The van der Waals surface area contributed by atoms with E-state index in [1.165, 1.54) is 20.0 Å². The van der Waals surface area contributed by atoms with Crippen molar-refractivity contribution < 1.29 is 14.3 Å². The second-order valence-electron chi connectivity index (χ2n) is 6.10. The molecule has 4 nitrogen and oxygen atoms in total. The summed E-state index contributed by atoms with van der Waals surface area (Å²) in [6, 6.07) is 0.259. The number of carbonyl (C=O) groups is 1. The number of esters is 1. The van der Waals surface area contributed by atoms with Gasteiger partial charge in [0.05, 0.1) is 7.11 Å². The van der Waals surface area contributed by atoms with Crippen LogP contribution in [-0.2, 0) is 14.3 Å². The minimum atomic E-state index is -0.584. The number of unbranched alkanes of at least 4 members (excludes halogenated alkanes) is 1. The van der Waals surface area contributed by atoms with Gasteiger partial charge in [0.1, 0.15) is 5.54 Å². The quantitative estimate of drug-likeness (QED) is 0.490. The summed E-state index contributed by atoms with van der Waals surface area (Å²) in [5.41, 5.74) is -0.584. The number of rotatable bonds is 10. The average molecular weight is 271 g/mol. The minimum Gasteiger partial charge on any atom is -0.468 e. The summed E-state index contributed by atoms with van der Waals surface area (Å²) >= 11 is 0. The largest absolute Gasteiger partial charge is 0.468 e. The zero-order valence-corrected chi connectivity index (χ0v) is 12.8. The molecule has 0 aliphatic heterocycles. The molecule has 1 unspecified atom stereocenters. The van der Waals surface area contributed by atoms with Crippen molar-refractivity contribution in [2.24, 2.45) is 5.92 Å². The van der Waals surface area contributed by atoms with E-state index in [4.69, 9.17) is 9.47 Å². The van der Waals surface area contributed by atoms with Crippen LogP contribution in [-0.4, -0.2) is 37.9 Å². The van der Waals surface area contributed by atoms with Crippen molar-refractivity contribution in [1.82, 2.24) is 5.32 Å². The van der Waals surface area contributed by atoms with E-state index in [0.29, 0.717) is 0 Å². The maximum absolute atomic E-state index is 11.9. The van der Waals surface area contributed by atoms with Gasteiger partial charge in [-0.15, -0.1) is 0 Å². The Labute approximate surface area is 117 Å². The van der Waals surface area contributed by atoms with E-state index in [-0.39, 0.29) is 12.0 Å². The summed E-state index contributed by atoms with van der Waals surface area (Å²) in [7, 11) is 1.45. The fraction of sp³-hybridized carbons (Fsp3) is 0.933. The standard InChI is InChI=1S/C15H29NO3/c1-12(2)16-15(3,14(17)18-4)9-5-6-10-19-11-13-7-8-13/h12-13,16H,5-11H2,1-4H3. The lowest BCUT2D eigenvalue weighted by Gasteiger charge is -2.30. The third-order valence-electron chi connectivity index (χ3n) is 3.51. The van der Waals surface area contributed by atoms with Crippen molar-refractivity contribution in [3.63, 3.8) is 0 Å². The topological polar surface area (TPSA) is 47.6 Å². The van der Waals surface area contributed by atoms with Crippen LogP contribution in [0.25, 0.3) is 0 Å². The molecule has 0 aromatic heterocycles. The van der Waals surface area contributed by atoms with Gasteiger partial charge in [0, 0.05) is 19.3 Å². The molecule has 0 spiro atoms. The van der Waals surface area contributed by atoms with Gasteiger partial charge in [-0.05, 0) is 58.8 Å². The van der Waals surface area contributed by atoms with Crippen molar-refractivity contribution in [3.05, 3.63) is 0 Å². The Morgan fingerprint density at radius 1 is 1.37 bits per heavy atom. The molecule has 1 rings (SSSR count). The third-order valence-corrected chi connectivity index (χ3v) is 3.51. The smallest absolute Gasteiger partial charge is 0.325 e. The van der Waals surface area contributed by atoms with E-state index in [1.807, 2.05) is 20.8 Å². The molecular formula is C15H29NO3. The van der Waals surface area contributed by atoms with Gasteiger partial charge >= 0.3 is 5.97 Å². The van der Waals surface area contributed by atoms with Crippen LogP contribution in [0, 0.1) is 5.92 Å². The predicted molar refractivity (Wildman–Crippen MR) is 76.1 cm³/mol. The Hall–Kier alpha value is -0.610. The monoisotopic (exact) mass is 271 g/mol. The predicted octanol–water partition coefficient (Wildman–Crippen LogP) is 2.51. The molecule has 0 amide bonds. The molecule has 0 aromatic carbocycles. The average Bonchev–Trinajstić information content (AvgIpc) is 3.15. The first-order valence-electron chi connectivity index (χ1n) is 7.42. The highest BCUT2D eigenvalue weighted by molar-refractivity contribution is 5.80. The van der Waals surface area contributed by atoms with E-state index in [2.05, 4.69) is 5.32 Å². The van der Waals surface area contributed by atoms with Gasteiger partial charge in [0.2, 0.25) is 0 Å². The Kier molecular flexibility index (Phi) is 6.80. The lowest BCUT2D eigenvalue weighted by Crippen LogP contribution is -2.52. The summed E-state index contributed by atoms with van der Waals surface area (Å²) in [5, 5.41) is 3.31. The molecule has 19 heavy (non-hydrogen) atoms. The Bertz CT molecular complexity index is 277. The molecule has 1 saturated carbocycles. The SMILES string of the molecule is COC(=O)C(C)(CCCCOCC1CC1)NC(C)C. The number of carbonyl (C=O) groups excluding carboxylic acids is 1. The third kappa shape index (κ3) is 6.39. The van der Waals surface area contributed by atoms with Crippen LogP contribution in [0.3, 0.4) is 0 Å². The summed E-state index contributed by atoms with van der Waals surface area (Å²) in [4.78, 5) is 11.9. The molecular weight excluding hydrogens is 242 g/mol. The van der Waals surface area contributed by atoms with E-state index >= 15 is 0 Å². The van der Waals surface area contributed by atoms with Crippen molar-refractivity contribution >= 4 is 5.97 Å². The first kappa shape index (κ1) is 16.4. The van der Waals surface area contributed by atoms with Gasteiger partial charge in [-0.25, -0.2) is 0 Å². The highest BCUT2D eigenvalue weighted by Gasteiger charge is 2.33. The molecule has 112 valence electrons. The maximum atomic E-state index is 11.9. The van der Waals surface area contributed by atoms with Gasteiger partial charge in [0.25, 0.3) is 0 Å². The van der Waals surface area contributed by atoms with E-state index in [9.17, 15) is 4.79 Å². The Morgan fingerprint density at radius 3 is 2.58 bits per heavy atom. The second-order valence-corrected chi connectivity index (χ2v) is 6.10. The van der Waals surface area contributed by atoms with Gasteiger partial charge in [-0.3, -0.25) is 10.1 Å². The second kappa shape index (κ2) is 7.85. The Morgan fingerprint density at radius 2 is 2.05 bits per heavy atom.